The van der Waals surface area contributed by atoms with Gasteiger partial charge in [0, 0.05) is 18.4 Å². The van der Waals surface area contributed by atoms with Crippen LogP contribution in [0, 0.1) is 12.8 Å². The zero-order chi connectivity index (χ0) is 13.0. The van der Waals surface area contributed by atoms with Gasteiger partial charge in [0.25, 0.3) is 0 Å². The fraction of sp³-hybridized carbons (Fsp3) is 0.667. The van der Waals surface area contributed by atoms with Crippen molar-refractivity contribution in [2.24, 2.45) is 5.92 Å². The van der Waals surface area contributed by atoms with E-state index in [1.54, 1.807) is 0 Å². The molecular weight excluding hydrogens is 222 g/mol. The Morgan fingerprint density at radius 2 is 2.33 bits per heavy atom. The van der Waals surface area contributed by atoms with Gasteiger partial charge in [-0.2, -0.15) is 0 Å². The molecule has 100 valence electrons. The highest BCUT2D eigenvalue weighted by atomic mass is 15.2. The summed E-state index contributed by atoms with van der Waals surface area (Å²) in [5.41, 5.74) is 2.79. The Morgan fingerprint density at radius 3 is 3.00 bits per heavy atom. The first-order chi connectivity index (χ1) is 8.77. The molecule has 3 heteroatoms. The molecule has 2 unspecified atom stereocenters. The van der Waals surface area contributed by atoms with Crippen LogP contribution in [0.4, 0.5) is 0 Å². The molecule has 1 saturated heterocycles. The van der Waals surface area contributed by atoms with Crippen molar-refractivity contribution in [1.29, 1.82) is 0 Å². The highest BCUT2D eigenvalue weighted by Crippen LogP contribution is 2.36. The summed E-state index contributed by atoms with van der Waals surface area (Å²) in [6, 6.07) is 2.67. The maximum Gasteiger partial charge on any atom is 0.0406 e. The summed E-state index contributed by atoms with van der Waals surface area (Å²) < 4.78 is 0. The number of rotatable bonds is 4. The molecule has 1 aromatic rings. The van der Waals surface area contributed by atoms with Crippen molar-refractivity contribution < 1.29 is 0 Å². The fourth-order valence-corrected chi connectivity index (χ4v) is 3.22. The van der Waals surface area contributed by atoms with Crippen molar-refractivity contribution in [1.82, 2.24) is 15.2 Å². The molecule has 2 atom stereocenters. The third kappa shape index (κ3) is 2.73. The van der Waals surface area contributed by atoms with Gasteiger partial charge in [0.2, 0.25) is 0 Å². The van der Waals surface area contributed by atoms with Crippen molar-refractivity contribution in [2.75, 3.05) is 26.7 Å². The van der Waals surface area contributed by atoms with Gasteiger partial charge in [-0.3, -0.25) is 9.88 Å². The normalized spacial score (nSPS) is 25.3. The average molecular weight is 247 g/mol. The van der Waals surface area contributed by atoms with Crippen molar-refractivity contribution in [3.8, 4) is 0 Å². The summed E-state index contributed by atoms with van der Waals surface area (Å²) >= 11 is 0. The van der Waals surface area contributed by atoms with Crippen molar-refractivity contribution >= 4 is 0 Å². The zero-order valence-corrected chi connectivity index (χ0v) is 11.8. The maximum atomic E-state index is 4.34. The van der Waals surface area contributed by atoms with Crippen LogP contribution >= 0.6 is 0 Å². The molecule has 1 aliphatic heterocycles. The third-order valence-electron chi connectivity index (χ3n) is 4.13. The van der Waals surface area contributed by atoms with Crippen LogP contribution in [-0.4, -0.2) is 36.6 Å². The van der Waals surface area contributed by atoms with Gasteiger partial charge in [-0.05, 0) is 69.6 Å². The van der Waals surface area contributed by atoms with E-state index in [4.69, 9.17) is 0 Å². The lowest BCUT2D eigenvalue weighted by Crippen LogP contribution is -2.42. The third-order valence-corrected chi connectivity index (χ3v) is 4.13. The smallest absolute Gasteiger partial charge is 0.0406 e. The van der Waals surface area contributed by atoms with E-state index in [9.17, 15) is 0 Å². The van der Waals surface area contributed by atoms with Gasteiger partial charge >= 0.3 is 0 Å². The zero-order valence-electron chi connectivity index (χ0n) is 11.8. The highest BCUT2D eigenvalue weighted by molar-refractivity contribution is 5.26. The minimum Gasteiger partial charge on any atom is -0.319 e. The Morgan fingerprint density at radius 1 is 1.50 bits per heavy atom. The van der Waals surface area contributed by atoms with Gasteiger partial charge in [-0.25, -0.2) is 0 Å². The molecule has 0 aromatic carbocycles. The van der Waals surface area contributed by atoms with Gasteiger partial charge in [-0.15, -0.1) is 0 Å². The molecule has 1 aliphatic rings. The number of aromatic nitrogens is 1. The number of likely N-dealkylation sites (tertiary alicyclic amines) is 1. The van der Waals surface area contributed by atoms with Crippen LogP contribution in [-0.2, 0) is 0 Å². The fourth-order valence-electron chi connectivity index (χ4n) is 3.22. The van der Waals surface area contributed by atoms with Crippen LogP contribution in [0.15, 0.2) is 18.5 Å². The van der Waals surface area contributed by atoms with Gasteiger partial charge in [0.15, 0.2) is 0 Å². The van der Waals surface area contributed by atoms with E-state index < -0.39 is 0 Å². The quantitative estimate of drug-likeness (QED) is 0.885. The topological polar surface area (TPSA) is 28.2 Å². The van der Waals surface area contributed by atoms with Gasteiger partial charge in [-0.1, -0.05) is 6.92 Å². The Hall–Kier alpha value is -0.930. The van der Waals surface area contributed by atoms with Gasteiger partial charge in [0.1, 0.15) is 0 Å². The molecule has 3 nitrogen and oxygen atoms in total. The first-order valence-electron chi connectivity index (χ1n) is 7.07. The molecule has 0 spiro atoms. The second-order valence-corrected chi connectivity index (χ2v) is 5.27. The molecule has 18 heavy (non-hydrogen) atoms. The van der Waals surface area contributed by atoms with Crippen LogP contribution < -0.4 is 5.32 Å². The summed E-state index contributed by atoms with van der Waals surface area (Å²) in [5, 5.41) is 3.35. The van der Waals surface area contributed by atoms with E-state index >= 15 is 0 Å². The first kappa shape index (κ1) is 13.5. The number of hydrogen-bond acceptors (Lipinski definition) is 3. The second kappa shape index (κ2) is 6.30. The molecule has 0 saturated carbocycles. The summed E-state index contributed by atoms with van der Waals surface area (Å²) in [6.07, 6.45) is 6.59. The summed E-state index contributed by atoms with van der Waals surface area (Å²) in [5.74, 6) is 0.701. The number of nitrogens with one attached hydrogen (secondary N) is 1. The molecule has 1 fully saturated rings. The standard InChI is InChI=1S/C15H25N3/c1-4-18-9-5-6-13(10-16-3)15(18)14-11-17-8-7-12(14)2/h7-8,11,13,15-16H,4-6,9-10H2,1-3H3. The molecular formula is C15H25N3. The van der Waals surface area contributed by atoms with Crippen molar-refractivity contribution in [3.63, 3.8) is 0 Å². The van der Waals surface area contributed by atoms with Crippen molar-refractivity contribution in [3.05, 3.63) is 29.6 Å². The lowest BCUT2D eigenvalue weighted by molar-refractivity contribution is 0.0975. The molecule has 1 N–H and O–H groups in total. The van der Waals surface area contributed by atoms with E-state index in [1.165, 1.54) is 30.5 Å². The number of piperidine rings is 1. The Balaban J connectivity index is 2.30. The summed E-state index contributed by atoms with van der Waals surface area (Å²) in [7, 11) is 2.05. The largest absolute Gasteiger partial charge is 0.319 e. The van der Waals surface area contributed by atoms with Crippen LogP contribution in [0.25, 0.3) is 0 Å². The van der Waals surface area contributed by atoms with Gasteiger partial charge in [0.05, 0.1) is 0 Å². The van der Waals surface area contributed by atoms with Gasteiger partial charge < -0.3 is 5.32 Å². The Bertz CT molecular complexity index is 376. The number of aryl methyl sites for hydroxylation is 1. The summed E-state index contributed by atoms with van der Waals surface area (Å²) in [4.78, 5) is 6.94. The van der Waals surface area contributed by atoms with Crippen LogP contribution in [0.2, 0.25) is 0 Å². The molecule has 0 aliphatic carbocycles. The van der Waals surface area contributed by atoms with Crippen LogP contribution in [0.5, 0.6) is 0 Å². The number of pyridine rings is 1. The molecule has 1 aromatic heterocycles. The van der Waals surface area contributed by atoms with E-state index in [0.29, 0.717) is 12.0 Å². The monoisotopic (exact) mass is 247 g/mol. The SMILES string of the molecule is CCN1CCCC(CNC)C1c1cnccc1C. The van der Waals surface area contributed by atoms with Crippen LogP contribution in [0.3, 0.4) is 0 Å². The lowest BCUT2D eigenvalue weighted by atomic mass is 9.83. The first-order valence-corrected chi connectivity index (χ1v) is 7.07. The Labute approximate surface area is 111 Å². The lowest BCUT2D eigenvalue weighted by Gasteiger charge is -2.41. The number of nitrogens with zero attached hydrogens (tertiary/aromatic N) is 2. The molecule has 0 amide bonds. The molecule has 2 heterocycles. The molecule has 2 rings (SSSR count). The van der Waals surface area contributed by atoms with Crippen molar-refractivity contribution in [2.45, 2.75) is 32.7 Å². The summed E-state index contributed by atoms with van der Waals surface area (Å²) in [6.45, 7) is 7.90. The average Bonchev–Trinajstić information content (AvgIpc) is 2.40. The Kier molecular flexibility index (Phi) is 4.72. The predicted molar refractivity (Wildman–Crippen MR) is 75.6 cm³/mol. The van der Waals surface area contributed by atoms with Crippen LogP contribution in [0.1, 0.15) is 36.9 Å². The van der Waals surface area contributed by atoms with E-state index in [0.717, 1.165) is 13.1 Å². The predicted octanol–water partition coefficient (Wildman–Crippen LogP) is 2.38. The van der Waals surface area contributed by atoms with E-state index in [2.05, 4.69) is 48.4 Å². The van der Waals surface area contributed by atoms with E-state index in [-0.39, 0.29) is 0 Å². The molecule has 0 bridgehead atoms. The maximum absolute atomic E-state index is 4.34. The number of hydrogen-bond donors (Lipinski definition) is 1. The minimum atomic E-state index is 0.532. The molecule has 0 radical (unpaired) electrons. The minimum absolute atomic E-state index is 0.532. The second-order valence-electron chi connectivity index (χ2n) is 5.27. The van der Waals surface area contributed by atoms with E-state index in [1.807, 2.05) is 6.20 Å². The highest BCUT2D eigenvalue weighted by Gasteiger charge is 2.32.